The summed E-state index contributed by atoms with van der Waals surface area (Å²) in [4.78, 5) is 12.0. The van der Waals surface area contributed by atoms with E-state index >= 15 is 0 Å². The molecule has 1 aromatic heterocycles. The number of ether oxygens (including phenoxy) is 1. The number of hydrogen-bond acceptors (Lipinski definition) is 5. The summed E-state index contributed by atoms with van der Waals surface area (Å²) >= 11 is 0. The number of aryl methyl sites for hydroxylation is 1. The molecule has 6 nitrogen and oxygen atoms in total. The second kappa shape index (κ2) is 4.69. The molecule has 88 valence electrons. The van der Waals surface area contributed by atoms with Crippen molar-refractivity contribution in [3.63, 3.8) is 0 Å². The van der Waals surface area contributed by atoms with E-state index in [0.717, 1.165) is 6.07 Å². The molecular formula is C10H9FN4O2. The molecule has 0 unspecified atom stereocenters. The minimum Gasteiger partial charge on any atom is -0.485 e. The molecule has 0 aliphatic heterocycles. The average Bonchev–Trinajstić information content (AvgIpc) is 2.73. The van der Waals surface area contributed by atoms with E-state index in [9.17, 15) is 9.18 Å². The zero-order valence-electron chi connectivity index (χ0n) is 9.00. The predicted molar refractivity (Wildman–Crippen MR) is 54.9 cm³/mol. The average molecular weight is 236 g/mol. The smallest absolute Gasteiger partial charge is 0.212 e. The predicted octanol–water partition coefficient (Wildman–Crippen LogP) is 0.741. The summed E-state index contributed by atoms with van der Waals surface area (Å²) in [5.74, 6) is 0.180. The van der Waals surface area contributed by atoms with E-state index in [2.05, 4.69) is 15.4 Å². The van der Waals surface area contributed by atoms with Crippen LogP contribution >= 0.6 is 0 Å². The van der Waals surface area contributed by atoms with Gasteiger partial charge in [-0.15, -0.1) is 10.2 Å². The lowest BCUT2D eigenvalue weighted by atomic mass is 10.2. The highest BCUT2D eigenvalue weighted by molar-refractivity contribution is 5.79. The quantitative estimate of drug-likeness (QED) is 0.732. The van der Waals surface area contributed by atoms with Crippen LogP contribution in [0.2, 0.25) is 0 Å². The molecule has 0 bridgehead atoms. The van der Waals surface area contributed by atoms with E-state index < -0.39 is 5.82 Å². The molecule has 0 saturated heterocycles. The van der Waals surface area contributed by atoms with Crippen LogP contribution in [0.25, 0.3) is 0 Å². The number of hydrogen-bond donors (Lipinski definition) is 0. The first-order valence-corrected chi connectivity index (χ1v) is 4.79. The van der Waals surface area contributed by atoms with Gasteiger partial charge >= 0.3 is 0 Å². The third-order valence-corrected chi connectivity index (χ3v) is 2.01. The van der Waals surface area contributed by atoms with Gasteiger partial charge in [-0.2, -0.15) is 4.80 Å². The van der Waals surface area contributed by atoms with Crippen LogP contribution in [0, 0.1) is 5.82 Å². The third-order valence-electron chi connectivity index (χ3n) is 2.01. The molecule has 0 saturated carbocycles. The van der Waals surface area contributed by atoms with E-state index in [1.54, 1.807) is 7.05 Å². The molecule has 0 radical (unpaired) electrons. The summed E-state index contributed by atoms with van der Waals surface area (Å²) in [6.45, 7) is 0.0698. The maximum atomic E-state index is 12.8. The van der Waals surface area contributed by atoms with Crippen molar-refractivity contribution < 1.29 is 13.9 Å². The van der Waals surface area contributed by atoms with Gasteiger partial charge in [0.15, 0.2) is 12.9 Å². The number of halogens is 1. The van der Waals surface area contributed by atoms with Gasteiger partial charge in [-0.1, -0.05) is 0 Å². The number of carbonyl (C=O) groups excluding carboxylic acids is 1. The first-order valence-electron chi connectivity index (χ1n) is 4.79. The summed E-state index contributed by atoms with van der Waals surface area (Å²) < 4.78 is 18.2. The van der Waals surface area contributed by atoms with Crippen LogP contribution in [0.4, 0.5) is 4.39 Å². The molecule has 1 heterocycles. The van der Waals surface area contributed by atoms with Crippen molar-refractivity contribution in [2.75, 3.05) is 0 Å². The number of aldehydes is 1. The zero-order chi connectivity index (χ0) is 12.3. The van der Waals surface area contributed by atoms with Gasteiger partial charge in [-0.25, -0.2) is 4.39 Å². The van der Waals surface area contributed by atoms with Crippen molar-refractivity contribution in [1.29, 1.82) is 0 Å². The number of nitrogens with zero attached hydrogens (tertiary/aromatic N) is 4. The van der Waals surface area contributed by atoms with Gasteiger partial charge < -0.3 is 4.74 Å². The minimum atomic E-state index is -0.489. The van der Waals surface area contributed by atoms with Crippen LogP contribution < -0.4 is 4.74 Å². The first-order chi connectivity index (χ1) is 8.19. The van der Waals surface area contributed by atoms with Crippen LogP contribution in [0.3, 0.4) is 0 Å². The van der Waals surface area contributed by atoms with E-state index in [0.29, 0.717) is 12.1 Å². The van der Waals surface area contributed by atoms with Crippen LogP contribution in [0.15, 0.2) is 18.2 Å². The topological polar surface area (TPSA) is 69.9 Å². The standard InChI is InChI=1S/C10H9FN4O2/c1-15-13-10(12-14-15)6-17-9-3-2-8(11)4-7(9)5-16/h2-5H,6H2,1H3. The Morgan fingerprint density at radius 3 is 3.00 bits per heavy atom. The van der Waals surface area contributed by atoms with E-state index in [-0.39, 0.29) is 17.9 Å². The lowest BCUT2D eigenvalue weighted by Crippen LogP contribution is -2.01. The number of carbonyl (C=O) groups is 1. The summed E-state index contributed by atoms with van der Waals surface area (Å²) in [7, 11) is 1.63. The van der Waals surface area contributed by atoms with Crippen molar-refractivity contribution in [2.45, 2.75) is 6.61 Å². The highest BCUT2D eigenvalue weighted by atomic mass is 19.1. The Balaban J connectivity index is 2.11. The molecule has 0 atom stereocenters. The maximum absolute atomic E-state index is 12.8. The summed E-state index contributed by atoms with van der Waals surface area (Å²) in [6, 6.07) is 3.70. The number of tetrazole rings is 1. The largest absolute Gasteiger partial charge is 0.485 e. The van der Waals surface area contributed by atoms with Crippen LogP contribution in [0.5, 0.6) is 5.75 Å². The minimum absolute atomic E-state index is 0.0698. The molecule has 1 aromatic carbocycles. The SMILES string of the molecule is Cn1nnc(COc2ccc(F)cc2C=O)n1. The molecule has 0 N–H and O–H groups in total. The van der Waals surface area contributed by atoms with Gasteiger partial charge in [0.2, 0.25) is 5.82 Å². The van der Waals surface area contributed by atoms with E-state index in [4.69, 9.17) is 4.74 Å². The van der Waals surface area contributed by atoms with Gasteiger partial charge in [0.1, 0.15) is 11.6 Å². The molecule has 0 spiro atoms. The summed E-state index contributed by atoms with van der Waals surface area (Å²) in [5.41, 5.74) is 0.147. The van der Waals surface area contributed by atoms with Gasteiger partial charge in [0.25, 0.3) is 0 Å². The van der Waals surface area contributed by atoms with Gasteiger partial charge in [0.05, 0.1) is 12.6 Å². The second-order valence-electron chi connectivity index (χ2n) is 3.28. The molecule has 0 fully saturated rings. The van der Waals surface area contributed by atoms with Gasteiger partial charge in [0, 0.05) is 0 Å². The Kier molecular flexibility index (Phi) is 3.08. The lowest BCUT2D eigenvalue weighted by Gasteiger charge is -2.05. The van der Waals surface area contributed by atoms with E-state index in [1.165, 1.54) is 16.9 Å². The fraction of sp³-hybridized carbons (Fsp3) is 0.200. The highest BCUT2D eigenvalue weighted by Gasteiger charge is 2.07. The lowest BCUT2D eigenvalue weighted by molar-refractivity contribution is 0.111. The number of aromatic nitrogens is 4. The molecule has 7 heteroatoms. The van der Waals surface area contributed by atoms with E-state index in [1.807, 2.05) is 0 Å². The fourth-order valence-corrected chi connectivity index (χ4v) is 1.27. The molecule has 2 aromatic rings. The third kappa shape index (κ3) is 2.63. The number of benzene rings is 1. The second-order valence-corrected chi connectivity index (χ2v) is 3.28. The molecule has 2 rings (SSSR count). The Morgan fingerprint density at radius 1 is 1.53 bits per heavy atom. The Bertz CT molecular complexity index is 541. The van der Waals surface area contributed by atoms with Crippen molar-refractivity contribution in [1.82, 2.24) is 20.2 Å². The normalized spacial score (nSPS) is 10.2. The molecular weight excluding hydrogens is 227 g/mol. The van der Waals surface area contributed by atoms with Crippen molar-refractivity contribution in [3.8, 4) is 5.75 Å². The molecule has 0 aliphatic carbocycles. The first kappa shape index (κ1) is 11.2. The fourth-order valence-electron chi connectivity index (χ4n) is 1.27. The van der Waals surface area contributed by atoms with Crippen LogP contribution in [-0.2, 0) is 13.7 Å². The van der Waals surface area contributed by atoms with Crippen molar-refractivity contribution in [3.05, 3.63) is 35.4 Å². The van der Waals surface area contributed by atoms with Crippen molar-refractivity contribution in [2.24, 2.45) is 7.05 Å². The summed E-state index contributed by atoms with van der Waals surface area (Å²) in [6.07, 6.45) is 0.530. The van der Waals surface area contributed by atoms with Crippen LogP contribution in [-0.4, -0.2) is 26.5 Å². The van der Waals surface area contributed by atoms with Gasteiger partial charge in [-0.3, -0.25) is 4.79 Å². The maximum Gasteiger partial charge on any atom is 0.212 e. The Hall–Kier alpha value is -2.31. The monoisotopic (exact) mass is 236 g/mol. The van der Waals surface area contributed by atoms with Crippen LogP contribution in [0.1, 0.15) is 16.2 Å². The molecule has 0 aliphatic rings. The Morgan fingerprint density at radius 2 is 2.35 bits per heavy atom. The highest BCUT2D eigenvalue weighted by Crippen LogP contribution is 2.18. The Labute approximate surface area is 96.0 Å². The number of rotatable bonds is 4. The zero-order valence-corrected chi connectivity index (χ0v) is 9.00. The molecule has 0 amide bonds. The van der Waals surface area contributed by atoms with Gasteiger partial charge in [-0.05, 0) is 23.4 Å². The van der Waals surface area contributed by atoms with Crippen molar-refractivity contribution >= 4 is 6.29 Å². The molecule has 17 heavy (non-hydrogen) atoms. The summed E-state index contributed by atoms with van der Waals surface area (Å²) in [5, 5.41) is 11.3.